The van der Waals surface area contributed by atoms with Gasteiger partial charge in [-0.05, 0) is 26.1 Å². The van der Waals surface area contributed by atoms with Crippen molar-refractivity contribution in [1.82, 2.24) is 15.5 Å². The SMILES string of the molecule is CNCCc1n[nH]c(C)c1-c1ccc(Cl)s1. The molecule has 0 radical (unpaired) electrons. The van der Waals surface area contributed by atoms with Crippen molar-refractivity contribution in [2.45, 2.75) is 13.3 Å². The fraction of sp³-hybridized carbons (Fsp3) is 0.364. The second kappa shape index (κ2) is 4.99. The Labute approximate surface area is 104 Å². The van der Waals surface area contributed by atoms with Gasteiger partial charge in [-0.25, -0.2) is 0 Å². The minimum atomic E-state index is 0.815. The monoisotopic (exact) mass is 255 g/mol. The molecule has 16 heavy (non-hydrogen) atoms. The molecular weight excluding hydrogens is 242 g/mol. The lowest BCUT2D eigenvalue weighted by Gasteiger charge is -2.00. The molecule has 0 spiro atoms. The number of aromatic nitrogens is 2. The summed E-state index contributed by atoms with van der Waals surface area (Å²) in [5.74, 6) is 0. The van der Waals surface area contributed by atoms with Crippen LogP contribution in [0.3, 0.4) is 0 Å². The zero-order valence-corrected chi connectivity index (χ0v) is 10.9. The molecule has 0 atom stereocenters. The fourth-order valence-corrected chi connectivity index (χ4v) is 2.85. The lowest BCUT2D eigenvalue weighted by Crippen LogP contribution is -2.10. The summed E-state index contributed by atoms with van der Waals surface area (Å²) in [6.07, 6.45) is 0.922. The van der Waals surface area contributed by atoms with Gasteiger partial charge in [-0.15, -0.1) is 11.3 Å². The molecule has 0 saturated heterocycles. The van der Waals surface area contributed by atoms with Crippen LogP contribution in [0, 0.1) is 6.92 Å². The van der Waals surface area contributed by atoms with Gasteiger partial charge < -0.3 is 5.32 Å². The summed E-state index contributed by atoms with van der Waals surface area (Å²) in [6, 6.07) is 3.98. The fourth-order valence-electron chi connectivity index (χ4n) is 1.68. The van der Waals surface area contributed by atoms with Crippen molar-refractivity contribution >= 4 is 22.9 Å². The summed E-state index contributed by atoms with van der Waals surface area (Å²) in [6.45, 7) is 2.97. The van der Waals surface area contributed by atoms with Crippen LogP contribution in [-0.4, -0.2) is 23.8 Å². The lowest BCUT2D eigenvalue weighted by molar-refractivity contribution is 0.773. The number of H-pyrrole nitrogens is 1. The van der Waals surface area contributed by atoms with E-state index in [1.165, 1.54) is 10.4 Å². The Kier molecular flexibility index (Phi) is 3.63. The minimum absolute atomic E-state index is 0.815. The summed E-state index contributed by atoms with van der Waals surface area (Å²) < 4.78 is 0.815. The molecule has 0 fully saturated rings. The maximum Gasteiger partial charge on any atom is 0.0934 e. The van der Waals surface area contributed by atoms with Crippen LogP contribution in [0.15, 0.2) is 12.1 Å². The third kappa shape index (κ3) is 2.29. The molecule has 0 aliphatic carbocycles. The number of aryl methyl sites for hydroxylation is 1. The maximum absolute atomic E-state index is 5.96. The van der Waals surface area contributed by atoms with Crippen LogP contribution in [0.25, 0.3) is 10.4 Å². The zero-order chi connectivity index (χ0) is 11.5. The summed E-state index contributed by atoms with van der Waals surface area (Å²) in [7, 11) is 1.95. The summed E-state index contributed by atoms with van der Waals surface area (Å²) in [5, 5.41) is 10.5. The van der Waals surface area contributed by atoms with Crippen LogP contribution < -0.4 is 5.32 Å². The lowest BCUT2D eigenvalue weighted by atomic mass is 10.1. The van der Waals surface area contributed by atoms with Crippen LogP contribution in [0.4, 0.5) is 0 Å². The normalized spacial score (nSPS) is 10.9. The Morgan fingerprint density at radius 3 is 2.94 bits per heavy atom. The topological polar surface area (TPSA) is 40.7 Å². The average molecular weight is 256 g/mol. The van der Waals surface area contributed by atoms with Gasteiger partial charge in [-0.2, -0.15) is 5.10 Å². The van der Waals surface area contributed by atoms with Crippen LogP contribution in [-0.2, 0) is 6.42 Å². The van der Waals surface area contributed by atoms with E-state index in [0.717, 1.165) is 28.7 Å². The number of hydrogen-bond donors (Lipinski definition) is 2. The molecule has 0 saturated carbocycles. The van der Waals surface area contributed by atoms with Gasteiger partial charge in [0.2, 0.25) is 0 Å². The highest BCUT2D eigenvalue weighted by Crippen LogP contribution is 2.34. The van der Waals surface area contributed by atoms with Crippen molar-refractivity contribution in [3.63, 3.8) is 0 Å². The van der Waals surface area contributed by atoms with E-state index >= 15 is 0 Å². The van der Waals surface area contributed by atoms with Gasteiger partial charge in [0.15, 0.2) is 0 Å². The van der Waals surface area contributed by atoms with E-state index in [4.69, 9.17) is 11.6 Å². The van der Waals surface area contributed by atoms with Crippen molar-refractivity contribution in [2.75, 3.05) is 13.6 Å². The maximum atomic E-state index is 5.96. The van der Waals surface area contributed by atoms with Gasteiger partial charge in [0.25, 0.3) is 0 Å². The highest BCUT2D eigenvalue weighted by Gasteiger charge is 2.13. The Balaban J connectivity index is 2.35. The standard InChI is InChI=1S/C11H14ClN3S/c1-7-11(9-3-4-10(12)16-9)8(15-14-7)5-6-13-2/h3-4,13H,5-6H2,1-2H3,(H,14,15). The third-order valence-corrected chi connectivity index (χ3v) is 3.70. The van der Waals surface area contributed by atoms with E-state index in [9.17, 15) is 0 Å². The molecule has 0 aliphatic rings. The second-order valence-electron chi connectivity index (χ2n) is 3.63. The molecule has 2 aromatic heterocycles. The van der Waals surface area contributed by atoms with Crippen LogP contribution in [0.5, 0.6) is 0 Å². The number of rotatable bonds is 4. The Morgan fingerprint density at radius 2 is 2.31 bits per heavy atom. The molecule has 0 bridgehead atoms. The van der Waals surface area contributed by atoms with Crippen molar-refractivity contribution in [1.29, 1.82) is 0 Å². The predicted octanol–water partition coefficient (Wildman–Crippen LogP) is 2.86. The van der Waals surface area contributed by atoms with Crippen LogP contribution >= 0.6 is 22.9 Å². The molecular formula is C11H14ClN3S. The van der Waals surface area contributed by atoms with E-state index in [2.05, 4.69) is 15.5 Å². The summed E-state index contributed by atoms with van der Waals surface area (Å²) in [5.41, 5.74) is 3.40. The molecule has 2 heterocycles. The first kappa shape index (κ1) is 11.6. The van der Waals surface area contributed by atoms with Gasteiger partial charge in [0, 0.05) is 29.1 Å². The van der Waals surface area contributed by atoms with Gasteiger partial charge in [-0.3, -0.25) is 5.10 Å². The van der Waals surface area contributed by atoms with Gasteiger partial charge in [0.1, 0.15) is 0 Å². The highest BCUT2D eigenvalue weighted by atomic mass is 35.5. The van der Waals surface area contributed by atoms with Gasteiger partial charge >= 0.3 is 0 Å². The highest BCUT2D eigenvalue weighted by molar-refractivity contribution is 7.19. The summed E-state index contributed by atoms with van der Waals surface area (Å²) in [4.78, 5) is 1.18. The van der Waals surface area contributed by atoms with Crippen molar-refractivity contribution in [2.24, 2.45) is 0 Å². The zero-order valence-electron chi connectivity index (χ0n) is 9.30. The number of halogens is 1. The van der Waals surface area contributed by atoms with Crippen LogP contribution in [0.1, 0.15) is 11.4 Å². The van der Waals surface area contributed by atoms with E-state index in [0.29, 0.717) is 0 Å². The number of nitrogens with zero attached hydrogens (tertiary/aromatic N) is 1. The predicted molar refractivity (Wildman–Crippen MR) is 69.3 cm³/mol. The molecule has 2 rings (SSSR count). The molecule has 2 aromatic rings. The Bertz CT molecular complexity index is 475. The average Bonchev–Trinajstić information content (AvgIpc) is 2.82. The molecule has 3 nitrogen and oxygen atoms in total. The number of nitrogens with one attached hydrogen (secondary N) is 2. The largest absolute Gasteiger partial charge is 0.319 e. The van der Waals surface area contributed by atoms with Gasteiger partial charge in [-0.1, -0.05) is 11.6 Å². The van der Waals surface area contributed by atoms with Crippen molar-refractivity contribution in [3.05, 3.63) is 27.9 Å². The van der Waals surface area contributed by atoms with E-state index < -0.39 is 0 Å². The van der Waals surface area contributed by atoms with E-state index in [1.807, 2.05) is 26.1 Å². The number of thiophene rings is 1. The summed E-state index contributed by atoms with van der Waals surface area (Å²) >= 11 is 7.55. The molecule has 0 unspecified atom stereocenters. The Morgan fingerprint density at radius 1 is 1.50 bits per heavy atom. The third-order valence-electron chi connectivity index (χ3n) is 2.45. The van der Waals surface area contributed by atoms with Crippen LogP contribution in [0.2, 0.25) is 4.34 Å². The first-order valence-electron chi connectivity index (χ1n) is 5.16. The van der Waals surface area contributed by atoms with Crippen molar-refractivity contribution < 1.29 is 0 Å². The molecule has 86 valence electrons. The van der Waals surface area contributed by atoms with E-state index in [1.54, 1.807) is 11.3 Å². The first-order chi connectivity index (χ1) is 7.72. The Hall–Kier alpha value is -0.840. The molecule has 0 aliphatic heterocycles. The van der Waals surface area contributed by atoms with E-state index in [-0.39, 0.29) is 0 Å². The van der Waals surface area contributed by atoms with Crippen molar-refractivity contribution in [3.8, 4) is 10.4 Å². The molecule has 2 N–H and O–H groups in total. The molecule has 5 heteroatoms. The van der Waals surface area contributed by atoms with Gasteiger partial charge in [0.05, 0.1) is 10.0 Å². The minimum Gasteiger partial charge on any atom is -0.319 e. The quantitative estimate of drug-likeness (QED) is 0.882. The number of likely N-dealkylation sites (N-methyl/N-ethyl adjacent to an activating group) is 1. The first-order valence-corrected chi connectivity index (χ1v) is 6.36. The molecule has 0 aromatic carbocycles. The second-order valence-corrected chi connectivity index (χ2v) is 5.34. The smallest absolute Gasteiger partial charge is 0.0934 e. The number of aromatic amines is 1. The molecule has 0 amide bonds. The number of hydrogen-bond acceptors (Lipinski definition) is 3.